The standard InChI is InChI=1S/C20H20Cl2N2O4S/c21-13-9-12(10-14(22)11-13)16-4-1-7-24(16)20(28)18(26)17(25)19(27)23-6-5-15-3-2-8-29-15/h3,9-11,16-18,25-26H,1,4-7H2,(H,23,27)/t16?,17-,18-/m1/s1. The van der Waals surface area contributed by atoms with Gasteiger partial charge >= 0.3 is 0 Å². The normalized spacial score (nSPS) is 18.2. The van der Waals surface area contributed by atoms with Gasteiger partial charge in [-0.1, -0.05) is 40.6 Å². The topological polar surface area (TPSA) is 89.9 Å². The summed E-state index contributed by atoms with van der Waals surface area (Å²) in [4.78, 5) is 27.3. The second-order valence-electron chi connectivity index (χ2n) is 6.78. The number of halogens is 2. The van der Waals surface area contributed by atoms with Crippen LogP contribution in [0.1, 0.15) is 29.3 Å². The van der Waals surface area contributed by atoms with Crippen LogP contribution in [0.5, 0.6) is 0 Å². The average molecular weight is 455 g/mol. The molecule has 2 amide bonds. The van der Waals surface area contributed by atoms with E-state index in [1.54, 1.807) is 24.3 Å². The van der Waals surface area contributed by atoms with Crippen LogP contribution in [-0.4, -0.2) is 52.2 Å². The van der Waals surface area contributed by atoms with Gasteiger partial charge in [-0.3, -0.25) is 9.59 Å². The highest BCUT2D eigenvalue weighted by molar-refractivity contribution is 7.08. The quantitative estimate of drug-likeness (QED) is 0.598. The molecular weight excluding hydrogens is 435 g/mol. The lowest BCUT2D eigenvalue weighted by Gasteiger charge is -2.28. The van der Waals surface area contributed by atoms with Gasteiger partial charge in [-0.25, -0.2) is 0 Å². The maximum absolute atomic E-state index is 12.8. The summed E-state index contributed by atoms with van der Waals surface area (Å²) in [5, 5.41) is 26.7. The fraction of sp³-hybridized carbons (Fsp3) is 0.400. The molecule has 1 saturated heterocycles. The summed E-state index contributed by atoms with van der Waals surface area (Å²) in [7, 11) is 0. The average Bonchev–Trinajstić information content (AvgIpc) is 3.37. The molecule has 0 spiro atoms. The molecule has 2 heterocycles. The molecule has 1 unspecified atom stereocenters. The number of benzene rings is 1. The number of carbonyl (C=O) groups excluding carboxylic acids is 2. The lowest BCUT2D eigenvalue weighted by atomic mass is 10.0. The third kappa shape index (κ3) is 5.41. The van der Waals surface area contributed by atoms with E-state index in [0.29, 0.717) is 29.4 Å². The van der Waals surface area contributed by atoms with Crippen LogP contribution in [-0.2, 0) is 16.0 Å². The first-order valence-electron chi connectivity index (χ1n) is 9.13. The van der Waals surface area contributed by atoms with E-state index in [2.05, 4.69) is 16.8 Å². The molecule has 2 aromatic rings. The molecule has 1 aliphatic heterocycles. The largest absolute Gasteiger partial charge is 0.380 e. The summed E-state index contributed by atoms with van der Waals surface area (Å²) in [5.41, 5.74) is 0.754. The van der Waals surface area contributed by atoms with Crippen LogP contribution in [0.2, 0.25) is 10.0 Å². The molecule has 0 aliphatic carbocycles. The third-order valence-electron chi connectivity index (χ3n) is 4.77. The Bertz CT molecular complexity index is 842. The van der Waals surface area contributed by atoms with Gasteiger partial charge in [-0.15, -0.1) is 0 Å². The first kappa shape index (κ1) is 21.9. The number of amides is 2. The summed E-state index contributed by atoms with van der Waals surface area (Å²) in [6, 6.07) is 9.29. The van der Waals surface area contributed by atoms with E-state index in [4.69, 9.17) is 23.2 Å². The van der Waals surface area contributed by atoms with Gasteiger partial charge in [0.1, 0.15) is 0 Å². The minimum absolute atomic E-state index is 0.270. The summed E-state index contributed by atoms with van der Waals surface area (Å²) in [6.07, 6.45) is -1.75. The van der Waals surface area contributed by atoms with Gasteiger partial charge in [0.25, 0.3) is 11.8 Å². The van der Waals surface area contributed by atoms with Crippen LogP contribution in [0.4, 0.5) is 0 Å². The monoisotopic (exact) mass is 454 g/mol. The highest BCUT2D eigenvalue weighted by Crippen LogP contribution is 2.35. The maximum Gasteiger partial charge on any atom is 0.255 e. The Hall–Kier alpha value is -1.82. The maximum atomic E-state index is 12.8. The van der Waals surface area contributed by atoms with E-state index in [0.717, 1.165) is 16.9 Å². The van der Waals surface area contributed by atoms with Gasteiger partial charge in [0.15, 0.2) is 12.2 Å². The van der Waals surface area contributed by atoms with Crippen molar-refractivity contribution in [1.29, 1.82) is 0 Å². The van der Waals surface area contributed by atoms with E-state index < -0.39 is 24.0 Å². The minimum atomic E-state index is -1.85. The van der Waals surface area contributed by atoms with Crippen molar-refractivity contribution in [3.05, 3.63) is 56.2 Å². The van der Waals surface area contributed by atoms with Gasteiger partial charge in [-0.05, 0) is 42.0 Å². The molecule has 3 atom stereocenters. The molecule has 0 saturated carbocycles. The lowest BCUT2D eigenvalue weighted by Crippen LogP contribution is -2.50. The number of carbonyl (C=O) groups is 2. The Morgan fingerprint density at radius 3 is 2.62 bits per heavy atom. The van der Waals surface area contributed by atoms with Gasteiger partial charge in [0.05, 0.1) is 6.04 Å². The van der Waals surface area contributed by atoms with Crippen molar-refractivity contribution in [2.45, 2.75) is 37.5 Å². The Kier molecular flexibility index (Phi) is 7.38. The number of aliphatic hydroxyl groups excluding tert-OH is 2. The van der Waals surface area contributed by atoms with Gasteiger partial charge < -0.3 is 20.4 Å². The predicted molar refractivity (Wildman–Crippen MR) is 111 cm³/mol. The molecule has 29 heavy (non-hydrogen) atoms. The highest BCUT2D eigenvalue weighted by atomic mass is 35.5. The predicted octanol–water partition coefficient (Wildman–Crippen LogP) is 2.40. The summed E-state index contributed by atoms with van der Waals surface area (Å²) in [5.74, 6) is -1.49. The lowest BCUT2D eigenvalue weighted by molar-refractivity contribution is -0.153. The van der Waals surface area contributed by atoms with Crippen molar-refractivity contribution >= 4 is 46.4 Å². The Morgan fingerprint density at radius 1 is 1.24 bits per heavy atom. The number of likely N-dealkylation sites (tertiary alicyclic amines) is 1. The number of hydrogen-bond donors (Lipinski definition) is 3. The summed E-state index contributed by atoms with van der Waals surface area (Å²) in [6.45, 7) is 0.677. The SMILES string of the molecule is O=C(NCCc1cc#cs1)[C@H](O)[C@@H](O)C(=O)N1CCCC1c1cc(Cl)cc(Cl)c1. The molecule has 154 valence electrons. The fourth-order valence-electron chi connectivity index (χ4n) is 3.36. The van der Waals surface area contributed by atoms with Crippen LogP contribution in [0, 0.1) is 11.4 Å². The molecule has 1 fully saturated rings. The summed E-state index contributed by atoms with van der Waals surface area (Å²) < 4.78 is 0. The number of hydrogen-bond acceptors (Lipinski definition) is 5. The number of nitrogens with zero attached hydrogens (tertiary/aromatic N) is 1. The van der Waals surface area contributed by atoms with Crippen molar-refractivity contribution in [2.24, 2.45) is 0 Å². The molecule has 1 aromatic carbocycles. The first-order chi connectivity index (χ1) is 13.9. The first-order valence-corrected chi connectivity index (χ1v) is 10.7. The van der Waals surface area contributed by atoms with Gasteiger partial charge in [0, 0.05) is 40.5 Å². The van der Waals surface area contributed by atoms with Crippen LogP contribution in [0.15, 0.2) is 24.3 Å². The van der Waals surface area contributed by atoms with E-state index in [1.165, 1.54) is 16.2 Å². The van der Waals surface area contributed by atoms with E-state index in [9.17, 15) is 19.8 Å². The zero-order valence-electron chi connectivity index (χ0n) is 15.4. The smallest absolute Gasteiger partial charge is 0.255 e. The van der Waals surface area contributed by atoms with Crippen molar-refractivity contribution in [2.75, 3.05) is 13.1 Å². The van der Waals surface area contributed by atoms with Crippen LogP contribution >= 0.6 is 34.5 Å². The molecule has 1 aromatic heterocycles. The molecule has 9 heteroatoms. The molecular formula is C20H20Cl2N2O4S. The van der Waals surface area contributed by atoms with Gasteiger partial charge in [0.2, 0.25) is 0 Å². The highest BCUT2D eigenvalue weighted by Gasteiger charge is 2.38. The van der Waals surface area contributed by atoms with E-state index in [-0.39, 0.29) is 12.6 Å². The van der Waals surface area contributed by atoms with Crippen molar-refractivity contribution in [3.63, 3.8) is 0 Å². The van der Waals surface area contributed by atoms with Gasteiger partial charge in [-0.2, -0.15) is 0 Å². The fourth-order valence-corrected chi connectivity index (χ4v) is 4.48. The number of nitrogens with one attached hydrogen (secondary N) is 1. The minimum Gasteiger partial charge on any atom is -0.380 e. The van der Waals surface area contributed by atoms with Crippen LogP contribution in [0.3, 0.4) is 0 Å². The van der Waals surface area contributed by atoms with E-state index >= 15 is 0 Å². The van der Waals surface area contributed by atoms with Crippen LogP contribution in [0.25, 0.3) is 0 Å². The molecule has 0 bridgehead atoms. The zero-order valence-corrected chi connectivity index (χ0v) is 17.7. The Balaban J connectivity index is 1.60. The molecule has 6 nitrogen and oxygen atoms in total. The zero-order chi connectivity index (χ0) is 21.0. The molecule has 0 radical (unpaired) electrons. The molecule has 3 N–H and O–H groups in total. The second-order valence-corrected chi connectivity index (χ2v) is 8.59. The third-order valence-corrected chi connectivity index (χ3v) is 6.01. The summed E-state index contributed by atoms with van der Waals surface area (Å²) >= 11 is 13.5. The molecule has 3 rings (SSSR count). The van der Waals surface area contributed by atoms with E-state index in [1.807, 2.05) is 0 Å². The Morgan fingerprint density at radius 2 is 1.97 bits per heavy atom. The van der Waals surface area contributed by atoms with Crippen molar-refractivity contribution in [3.8, 4) is 0 Å². The number of aliphatic hydroxyl groups is 2. The van der Waals surface area contributed by atoms with Crippen LogP contribution < -0.4 is 5.32 Å². The Labute approximate surface area is 183 Å². The second kappa shape index (κ2) is 9.79. The number of rotatable bonds is 7. The van der Waals surface area contributed by atoms with Crippen molar-refractivity contribution in [1.82, 2.24) is 10.2 Å². The molecule has 1 aliphatic rings. The van der Waals surface area contributed by atoms with Crippen molar-refractivity contribution < 1.29 is 19.8 Å².